The monoisotopic (exact) mass is 1170 g/mol. The lowest BCUT2D eigenvalue weighted by Crippen LogP contribution is -2.57. The largest absolute Gasteiger partial charge is 0.504 e. The van der Waals surface area contributed by atoms with Gasteiger partial charge in [0.05, 0.1) is 64.9 Å². The fourth-order valence-corrected chi connectivity index (χ4v) is 11.7. The number of morpholine rings is 1. The van der Waals surface area contributed by atoms with Gasteiger partial charge in [0.25, 0.3) is 0 Å². The number of rotatable bonds is 28. The van der Waals surface area contributed by atoms with Gasteiger partial charge in [-0.25, -0.2) is 0 Å². The number of allylic oxidation sites excluding steroid dienone is 2. The lowest BCUT2D eigenvalue weighted by Gasteiger charge is -2.32. The van der Waals surface area contributed by atoms with E-state index in [2.05, 4.69) is 44.1 Å². The number of aliphatic hydroxyl groups is 1. The minimum Gasteiger partial charge on any atom is -0.504 e. The van der Waals surface area contributed by atoms with Crippen LogP contribution < -0.4 is 41.4 Å². The van der Waals surface area contributed by atoms with E-state index in [1.807, 2.05) is 4.90 Å². The molecule has 8 rings (SSSR count). The number of phenols is 1. The Bertz CT molecular complexity index is 2810. The number of amides is 6. The summed E-state index contributed by atoms with van der Waals surface area (Å²) in [5.74, 6) is -3.16. The van der Waals surface area contributed by atoms with Crippen LogP contribution in [0.4, 0.5) is 0 Å². The number of phenolic OH excluding ortho intramolecular Hbond substituents is 1. The number of epoxide rings is 2. The average molecular weight is 1170 g/mol. The van der Waals surface area contributed by atoms with Gasteiger partial charge in [0.1, 0.15) is 41.1 Å². The molecule has 3 aliphatic carbocycles. The third kappa shape index (κ3) is 17.0. The molecule has 1 saturated carbocycles. The topological polar surface area (TPSA) is 305 Å². The maximum absolute atomic E-state index is 14.5. The molecule has 6 amide bonds. The van der Waals surface area contributed by atoms with Crippen molar-refractivity contribution < 1.29 is 72.3 Å². The Labute approximate surface area is 491 Å². The molecule has 0 bridgehead atoms. The van der Waals surface area contributed by atoms with Gasteiger partial charge in [0.15, 0.2) is 23.1 Å². The van der Waals surface area contributed by atoms with Crippen LogP contribution in [0.5, 0.6) is 17.2 Å². The zero-order valence-corrected chi connectivity index (χ0v) is 49.5. The van der Waals surface area contributed by atoms with E-state index >= 15 is 0 Å². The number of Topliss-reactive ketones (excluding diaryl/α,β-unsaturated/α-hetero) is 2. The number of methoxy groups -OCH3 is 2. The van der Waals surface area contributed by atoms with E-state index < -0.39 is 76.7 Å². The minimum absolute atomic E-state index is 0.0710. The molecule has 3 aliphatic heterocycles. The van der Waals surface area contributed by atoms with Crippen molar-refractivity contribution in [3.63, 3.8) is 0 Å². The van der Waals surface area contributed by atoms with Crippen LogP contribution >= 0.6 is 0 Å². The second kappa shape index (κ2) is 27.5. The predicted octanol–water partition coefficient (Wildman–Crippen LogP) is 2.59. The Hall–Kier alpha value is -6.72. The number of benzene rings is 2. The number of hydrogen-bond donors (Lipinski definition) is 8. The SMILES string of the molecule is COc1ccc(CC(NC(=O)C(C)NC(=O)C2CCC(C)(O)CC2)C(=O)NC(CC2=CC(C3CC=C(CC(NC(=O)C(Cc4ccc(OC)c(O)c4)NC(=O)C(C)NC(=O)CN4CCOCC4)C(=O)C4(C)CO4)C3)CC2)C(=O)C2(C)CO2)cc1. The van der Waals surface area contributed by atoms with Gasteiger partial charge >= 0.3 is 0 Å². The summed E-state index contributed by atoms with van der Waals surface area (Å²) in [5, 5.41) is 38.1. The first-order valence-electron chi connectivity index (χ1n) is 29.5. The average Bonchev–Trinajstić information content (AvgIpc) is 3.69. The number of carbonyl (C=O) groups excluding carboxylic acids is 8. The smallest absolute Gasteiger partial charge is 0.243 e. The fourth-order valence-electron chi connectivity index (χ4n) is 11.7. The summed E-state index contributed by atoms with van der Waals surface area (Å²) in [7, 11) is 2.95. The van der Waals surface area contributed by atoms with Crippen LogP contribution in [0.25, 0.3) is 0 Å². The Morgan fingerprint density at radius 1 is 0.667 bits per heavy atom. The number of nitrogens with one attached hydrogen (secondary N) is 6. The lowest BCUT2D eigenvalue weighted by molar-refractivity contribution is -0.135. The number of hydrogen-bond acceptors (Lipinski definition) is 16. The van der Waals surface area contributed by atoms with Crippen LogP contribution in [0.1, 0.15) is 110 Å². The predicted molar refractivity (Wildman–Crippen MR) is 307 cm³/mol. The van der Waals surface area contributed by atoms with Crippen molar-refractivity contribution in [3.8, 4) is 17.2 Å². The molecular formula is C62H85N7O15. The molecule has 84 heavy (non-hydrogen) atoms. The molecule has 0 spiro atoms. The summed E-state index contributed by atoms with van der Waals surface area (Å²) in [6.07, 6.45) is 9.34. The molecule has 6 aliphatic rings. The standard InChI is InChI=1S/C62H85N7O15/c1-36(63-52(71)33-69-22-24-82-25-23-69)55(74)68-49(31-41-12-17-51(81-7)50(70)32-41)59(78)66-47(54(73)62(5)35-84-62)30-40-9-14-44(27-40)43-13-8-39(26-43)29-46(53(72)61(4)34-83-61)65-58(77)48(28-38-10-15-45(80-6)16-11-38)67-56(75)37(2)64-57(76)42-18-20-60(3,79)21-19-42/h9-12,15-17,26,32,36-37,42-44,46-49,70,79H,8,13-14,18-25,27-31,33-35H2,1-7H3,(H,63,71)(H,64,76)(H,65,77)(H,66,78)(H,67,75)(H,68,74). The number of carbonyl (C=O) groups is 8. The van der Waals surface area contributed by atoms with Crippen molar-refractivity contribution in [3.05, 3.63) is 76.9 Å². The van der Waals surface area contributed by atoms with E-state index in [0.29, 0.717) is 82.6 Å². The van der Waals surface area contributed by atoms with Crippen molar-refractivity contribution in [2.75, 3.05) is 60.3 Å². The van der Waals surface area contributed by atoms with Gasteiger partial charge in [0, 0.05) is 31.8 Å². The number of nitrogens with zero attached hydrogens (tertiary/aromatic N) is 1. The highest BCUT2D eigenvalue weighted by Gasteiger charge is 2.52. The summed E-state index contributed by atoms with van der Waals surface area (Å²) in [5.41, 5.74) is 0.127. The van der Waals surface area contributed by atoms with Gasteiger partial charge in [-0.15, -0.1) is 0 Å². The molecule has 2 aromatic rings. The second-order valence-electron chi connectivity index (χ2n) is 24.5. The fraction of sp³-hybridized carbons (Fsp3) is 0.613. The lowest BCUT2D eigenvalue weighted by atomic mass is 9.79. The van der Waals surface area contributed by atoms with E-state index in [1.54, 1.807) is 71.2 Å². The van der Waals surface area contributed by atoms with Crippen molar-refractivity contribution in [2.45, 2.75) is 165 Å². The Kier molecular flexibility index (Phi) is 20.8. The molecule has 4 fully saturated rings. The maximum Gasteiger partial charge on any atom is 0.243 e. The Morgan fingerprint density at radius 2 is 1.20 bits per heavy atom. The third-order valence-corrected chi connectivity index (χ3v) is 17.5. The third-order valence-electron chi connectivity index (χ3n) is 17.5. The van der Waals surface area contributed by atoms with Crippen LogP contribution in [0.2, 0.25) is 0 Å². The summed E-state index contributed by atoms with van der Waals surface area (Å²) in [4.78, 5) is 113. The molecule has 0 radical (unpaired) electrons. The van der Waals surface area contributed by atoms with Crippen molar-refractivity contribution in [2.24, 2.45) is 17.8 Å². The maximum atomic E-state index is 14.5. The van der Waals surface area contributed by atoms with E-state index in [9.17, 15) is 48.6 Å². The summed E-state index contributed by atoms with van der Waals surface area (Å²) in [6, 6.07) is 5.32. The summed E-state index contributed by atoms with van der Waals surface area (Å²) < 4.78 is 27.1. The molecule has 10 atom stereocenters. The van der Waals surface area contributed by atoms with E-state index in [4.69, 9.17) is 23.7 Å². The normalized spacial score (nSPS) is 26.7. The van der Waals surface area contributed by atoms with Crippen LogP contribution in [-0.4, -0.2) is 175 Å². The highest BCUT2D eigenvalue weighted by atomic mass is 16.6. The quantitative estimate of drug-likeness (QED) is 0.0449. The van der Waals surface area contributed by atoms with E-state index in [-0.39, 0.29) is 98.1 Å². The van der Waals surface area contributed by atoms with Gasteiger partial charge < -0.3 is 65.8 Å². The molecule has 3 saturated heterocycles. The molecule has 2 aromatic carbocycles. The van der Waals surface area contributed by atoms with Gasteiger partial charge in [-0.05, 0) is 146 Å². The van der Waals surface area contributed by atoms with Crippen LogP contribution in [0.15, 0.2) is 65.8 Å². The van der Waals surface area contributed by atoms with Gasteiger partial charge in [-0.2, -0.15) is 0 Å². The number of ether oxygens (including phenoxy) is 5. The molecule has 0 aromatic heterocycles. The zero-order chi connectivity index (χ0) is 60.5. The summed E-state index contributed by atoms with van der Waals surface area (Å²) in [6.45, 7) is 10.8. The van der Waals surface area contributed by atoms with Crippen molar-refractivity contribution >= 4 is 47.0 Å². The zero-order valence-electron chi connectivity index (χ0n) is 49.5. The van der Waals surface area contributed by atoms with Gasteiger partial charge in [-0.3, -0.25) is 43.3 Å². The second-order valence-corrected chi connectivity index (χ2v) is 24.5. The molecule has 458 valence electrons. The molecule has 22 nitrogen and oxygen atoms in total. The molecular weight excluding hydrogens is 1080 g/mol. The highest BCUT2D eigenvalue weighted by Crippen LogP contribution is 2.42. The highest BCUT2D eigenvalue weighted by molar-refractivity contribution is 6.00. The minimum atomic E-state index is -1.23. The first-order chi connectivity index (χ1) is 39.9. The molecule has 10 unspecified atom stereocenters. The Balaban J connectivity index is 0.919. The van der Waals surface area contributed by atoms with Crippen LogP contribution in [0.3, 0.4) is 0 Å². The summed E-state index contributed by atoms with van der Waals surface area (Å²) >= 11 is 0. The molecule has 8 N–H and O–H groups in total. The number of ketones is 2. The first kappa shape index (κ1) is 63.3. The molecule has 22 heteroatoms. The van der Waals surface area contributed by atoms with E-state index in [1.165, 1.54) is 20.1 Å². The first-order valence-corrected chi connectivity index (χ1v) is 29.5. The van der Waals surface area contributed by atoms with Crippen molar-refractivity contribution in [1.29, 1.82) is 0 Å². The number of aromatic hydroxyl groups is 1. The van der Waals surface area contributed by atoms with Crippen LogP contribution in [-0.2, 0) is 65.4 Å². The van der Waals surface area contributed by atoms with Gasteiger partial charge in [-0.1, -0.05) is 41.5 Å². The van der Waals surface area contributed by atoms with E-state index in [0.717, 1.165) is 23.1 Å². The van der Waals surface area contributed by atoms with Crippen LogP contribution in [0, 0.1) is 17.8 Å². The Morgan fingerprint density at radius 3 is 1.75 bits per heavy atom. The molecule has 3 heterocycles. The van der Waals surface area contributed by atoms with Gasteiger partial charge in [0.2, 0.25) is 35.4 Å². The van der Waals surface area contributed by atoms with Crippen molar-refractivity contribution in [1.82, 2.24) is 36.8 Å².